The third-order valence-corrected chi connectivity index (χ3v) is 4.46. The van der Waals surface area contributed by atoms with E-state index in [1.165, 1.54) is 0 Å². The maximum atomic E-state index is 13.7. The minimum absolute atomic E-state index is 0.241. The Morgan fingerprint density at radius 3 is 1.97 bits per heavy atom. The van der Waals surface area contributed by atoms with E-state index >= 15 is 0 Å². The number of carbonyl (C=O) groups excluding carboxylic acids is 1. The highest BCUT2D eigenvalue weighted by molar-refractivity contribution is 6.02. The van der Waals surface area contributed by atoms with E-state index in [0.717, 1.165) is 23.3 Å². The Labute approximate surface area is 176 Å². The fourth-order valence-electron chi connectivity index (χ4n) is 3.03. The van der Waals surface area contributed by atoms with Gasteiger partial charge in [-0.25, -0.2) is 4.39 Å². The van der Waals surface area contributed by atoms with Gasteiger partial charge in [0.2, 0.25) is 0 Å². The van der Waals surface area contributed by atoms with Crippen LogP contribution >= 0.6 is 0 Å². The van der Waals surface area contributed by atoms with Crippen LogP contribution in [-0.2, 0) is 11.0 Å². The van der Waals surface area contributed by atoms with Crippen LogP contribution in [0.1, 0.15) is 28.3 Å². The number of carbonyl (C=O) groups is 1. The van der Waals surface area contributed by atoms with Crippen molar-refractivity contribution >= 4 is 12.0 Å². The average molecular weight is 424 g/mol. The Hall–Kier alpha value is -3.92. The molecule has 3 aromatic carbocycles. The van der Waals surface area contributed by atoms with Crippen molar-refractivity contribution in [2.75, 3.05) is 0 Å². The monoisotopic (exact) mass is 424 g/mol. The van der Waals surface area contributed by atoms with E-state index in [-0.39, 0.29) is 5.56 Å². The molecule has 3 aromatic rings. The number of nitriles is 1. The van der Waals surface area contributed by atoms with Gasteiger partial charge in [0, 0.05) is 0 Å². The first-order chi connectivity index (χ1) is 14.8. The van der Waals surface area contributed by atoms with Crippen LogP contribution in [0, 0.1) is 17.1 Å². The van der Waals surface area contributed by atoms with Gasteiger partial charge in [-0.05, 0) is 41.0 Å². The first kappa shape index (κ1) is 21.8. The van der Waals surface area contributed by atoms with E-state index in [4.69, 9.17) is 0 Å². The van der Waals surface area contributed by atoms with Gasteiger partial charge in [-0.2, -0.15) is 18.4 Å². The molecular formula is C24H16F4N2O. The molecule has 3 rings (SSSR count). The molecule has 0 saturated heterocycles. The highest BCUT2D eigenvalue weighted by Gasteiger charge is 2.31. The highest BCUT2D eigenvalue weighted by Crippen LogP contribution is 2.31. The lowest BCUT2D eigenvalue weighted by Crippen LogP contribution is -2.30. The maximum absolute atomic E-state index is 13.7. The third kappa shape index (κ3) is 5.58. The first-order valence-electron chi connectivity index (χ1n) is 9.18. The second kappa shape index (κ2) is 9.26. The Bertz CT molecular complexity index is 1090. The van der Waals surface area contributed by atoms with Gasteiger partial charge in [0.05, 0.1) is 11.6 Å². The van der Waals surface area contributed by atoms with Gasteiger partial charge >= 0.3 is 6.18 Å². The second-order valence-corrected chi connectivity index (χ2v) is 6.67. The van der Waals surface area contributed by atoms with Crippen LogP contribution in [0.2, 0.25) is 0 Å². The summed E-state index contributed by atoms with van der Waals surface area (Å²) in [5, 5.41) is 12.1. The van der Waals surface area contributed by atoms with Crippen molar-refractivity contribution in [3.63, 3.8) is 0 Å². The molecule has 1 amide bonds. The summed E-state index contributed by atoms with van der Waals surface area (Å²) in [7, 11) is 0. The topological polar surface area (TPSA) is 52.9 Å². The van der Waals surface area contributed by atoms with Gasteiger partial charge in [-0.1, -0.05) is 60.7 Å². The Morgan fingerprint density at radius 1 is 0.935 bits per heavy atom. The number of amides is 1. The van der Waals surface area contributed by atoms with Crippen molar-refractivity contribution in [2.24, 2.45) is 0 Å². The zero-order valence-corrected chi connectivity index (χ0v) is 16.0. The molecule has 156 valence electrons. The van der Waals surface area contributed by atoms with Crippen LogP contribution in [0.25, 0.3) is 6.08 Å². The predicted octanol–water partition coefficient (Wildman–Crippen LogP) is 5.66. The molecule has 0 aromatic heterocycles. The minimum Gasteiger partial charge on any atom is -0.340 e. The number of hydrogen-bond acceptors (Lipinski definition) is 2. The number of alkyl halides is 3. The summed E-state index contributed by atoms with van der Waals surface area (Å²) in [6.45, 7) is 0. The van der Waals surface area contributed by atoms with Gasteiger partial charge in [-0.3, -0.25) is 4.79 Å². The first-order valence-corrected chi connectivity index (χ1v) is 9.18. The number of halogens is 4. The molecule has 0 saturated carbocycles. The lowest BCUT2D eigenvalue weighted by atomic mass is 9.98. The van der Waals surface area contributed by atoms with Gasteiger partial charge < -0.3 is 5.32 Å². The largest absolute Gasteiger partial charge is 0.416 e. The van der Waals surface area contributed by atoms with Gasteiger partial charge in [-0.15, -0.1) is 0 Å². The fourth-order valence-corrected chi connectivity index (χ4v) is 3.03. The van der Waals surface area contributed by atoms with Crippen molar-refractivity contribution in [1.82, 2.24) is 5.32 Å². The van der Waals surface area contributed by atoms with Gasteiger partial charge in [0.1, 0.15) is 17.5 Å². The highest BCUT2D eigenvalue weighted by atomic mass is 19.4. The zero-order chi connectivity index (χ0) is 22.4. The van der Waals surface area contributed by atoms with E-state index in [2.05, 4.69) is 5.32 Å². The molecule has 0 unspecified atom stereocenters. The van der Waals surface area contributed by atoms with Crippen LogP contribution < -0.4 is 5.32 Å². The van der Waals surface area contributed by atoms with Crippen LogP contribution in [-0.4, -0.2) is 5.91 Å². The number of hydrogen-bond donors (Lipinski definition) is 1. The third-order valence-electron chi connectivity index (χ3n) is 4.46. The summed E-state index contributed by atoms with van der Waals surface area (Å²) < 4.78 is 52.5. The van der Waals surface area contributed by atoms with E-state index in [1.807, 2.05) is 12.1 Å². The predicted molar refractivity (Wildman–Crippen MR) is 108 cm³/mol. The SMILES string of the molecule is N#C/C(=C\c1cc(F)cc(C(F)(F)F)c1)C(=O)NC(c1ccccc1)c1ccccc1. The summed E-state index contributed by atoms with van der Waals surface area (Å²) in [5.41, 5.74) is -0.387. The molecule has 0 aliphatic heterocycles. The van der Waals surface area contributed by atoms with Crippen molar-refractivity contribution in [3.8, 4) is 6.07 Å². The smallest absolute Gasteiger partial charge is 0.340 e. The van der Waals surface area contributed by atoms with Crippen molar-refractivity contribution in [1.29, 1.82) is 5.26 Å². The van der Waals surface area contributed by atoms with Crippen molar-refractivity contribution < 1.29 is 22.4 Å². The van der Waals surface area contributed by atoms with E-state index in [1.54, 1.807) is 54.6 Å². The molecule has 0 atom stereocenters. The summed E-state index contributed by atoms with van der Waals surface area (Å²) >= 11 is 0. The van der Waals surface area contributed by atoms with Gasteiger partial charge in [0.25, 0.3) is 5.91 Å². The summed E-state index contributed by atoms with van der Waals surface area (Å²) in [6, 6.07) is 21.0. The Balaban J connectivity index is 1.94. The van der Waals surface area contributed by atoms with Gasteiger partial charge in [0.15, 0.2) is 0 Å². The molecule has 7 heteroatoms. The molecule has 0 aliphatic carbocycles. The van der Waals surface area contributed by atoms with E-state index < -0.39 is 35.1 Å². The molecule has 31 heavy (non-hydrogen) atoms. The molecule has 0 bridgehead atoms. The second-order valence-electron chi connectivity index (χ2n) is 6.67. The average Bonchev–Trinajstić information content (AvgIpc) is 2.76. The minimum atomic E-state index is -4.76. The fraction of sp³-hybridized carbons (Fsp3) is 0.0833. The van der Waals surface area contributed by atoms with E-state index in [0.29, 0.717) is 12.1 Å². The van der Waals surface area contributed by atoms with E-state index in [9.17, 15) is 27.6 Å². The molecule has 0 aliphatic rings. The maximum Gasteiger partial charge on any atom is 0.416 e. The van der Waals surface area contributed by atoms with Crippen LogP contribution in [0.3, 0.4) is 0 Å². The standard InChI is InChI=1S/C24H16F4N2O/c25-21-13-16(12-20(14-21)24(26,27)28)11-19(15-29)23(31)30-22(17-7-3-1-4-8-17)18-9-5-2-6-10-18/h1-14,22H,(H,30,31)/b19-11+. The Morgan fingerprint density at radius 2 is 1.48 bits per heavy atom. The summed E-state index contributed by atoms with van der Waals surface area (Å²) in [6.07, 6.45) is -3.83. The zero-order valence-electron chi connectivity index (χ0n) is 16.0. The molecule has 0 radical (unpaired) electrons. The number of nitrogens with zero attached hydrogens (tertiary/aromatic N) is 1. The van der Waals surface area contributed by atoms with Crippen LogP contribution in [0.4, 0.5) is 17.6 Å². The molecule has 0 spiro atoms. The molecular weight excluding hydrogens is 408 g/mol. The lowest BCUT2D eigenvalue weighted by Gasteiger charge is -2.19. The number of rotatable bonds is 5. The summed E-state index contributed by atoms with van der Waals surface area (Å²) in [4.78, 5) is 12.8. The Kier molecular flexibility index (Phi) is 6.51. The van der Waals surface area contributed by atoms with Crippen molar-refractivity contribution in [2.45, 2.75) is 12.2 Å². The number of benzene rings is 3. The number of nitrogens with one attached hydrogen (secondary N) is 1. The molecule has 3 nitrogen and oxygen atoms in total. The molecule has 1 N–H and O–H groups in total. The normalized spacial score (nSPS) is 11.8. The van der Waals surface area contributed by atoms with Crippen LogP contribution in [0.5, 0.6) is 0 Å². The van der Waals surface area contributed by atoms with Crippen LogP contribution in [0.15, 0.2) is 84.4 Å². The molecule has 0 heterocycles. The molecule has 0 fully saturated rings. The lowest BCUT2D eigenvalue weighted by molar-refractivity contribution is -0.137. The summed E-state index contributed by atoms with van der Waals surface area (Å²) in [5.74, 6) is -1.91. The quantitative estimate of drug-likeness (QED) is 0.327. The van der Waals surface area contributed by atoms with Crippen molar-refractivity contribution in [3.05, 3.63) is 113 Å².